The summed E-state index contributed by atoms with van der Waals surface area (Å²) in [7, 11) is 0. The monoisotopic (exact) mass is 702 g/mol. The molecule has 0 radical (unpaired) electrons. The second-order valence-electron chi connectivity index (χ2n) is 13.9. The van der Waals surface area contributed by atoms with Gasteiger partial charge in [0.05, 0.1) is 0 Å². The zero-order valence-electron chi connectivity index (χ0n) is 26.3. The van der Waals surface area contributed by atoms with Gasteiger partial charge < -0.3 is 24.8 Å². The van der Waals surface area contributed by atoms with E-state index in [1.807, 2.05) is 11.3 Å². The summed E-state index contributed by atoms with van der Waals surface area (Å²) in [6.07, 6.45) is 5.94. The van der Waals surface area contributed by atoms with Crippen LogP contribution in [0.4, 0.5) is 0 Å². The summed E-state index contributed by atoms with van der Waals surface area (Å²) < 4.78 is 5.06. The minimum absolute atomic E-state index is 0. The van der Waals surface area contributed by atoms with Crippen molar-refractivity contribution in [1.82, 2.24) is 0 Å². The Kier molecular flexibility index (Phi) is 10.5. The zero-order valence-corrected chi connectivity index (χ0v) is 31.1. The molecule has 1 aromatic heterocycles. The molecule has 1 atom stereocenters. The van der Waals surface area contributed by atoms with Crippen LogP contribution in [0.3, 0.4) is 0 Å². The van der Waals surface area contributed by atoms with Gasteiger partial charge in [0.1, 0.15) is 0 Å². The summed E-state index contributed by atoms with van der Waals surface area (Å²) in [5.41, 5.74) is 13.5. The Labute approximate surface area is 283 Å². The van der Waals surface area contributed by atoms with Crippen molar-refractivity contribution in [3.8, 4) is 11.1 Å². The van der Waals surface area contributed by atoms with Gasteiger partial charge in [0.15, 0.2) is 0 Å². The summed E-state index contributed by atoms with van der Waals surface area (Å²) >= 11 is -0.661. The van der Waals surface area contributed by atoms with E-state index >= 15 is 0 Å². The molecule has 0 N–H and O–H groups in total. The van der Waals surface area contributed by atoms with Gasteiger partial charge in [0.25, 0.3) is 0 Å². The van der Waals surface area contributed by atoms with Crippen molar-refractivity contribution < 1.29 is 46.1 Å². The molecular weight excluding hydrogens is 663 g/mol. The van der Waals surface area contributed by atoms with Gasteiger partial charge >= 0.3 is 261 Å². The van der Waals surface area contributed by atoms with Crippen molar-refractivity contribution in [2.24, 2.45) is 5.92 Å². The van der Waals surface area contributed by atoms with Crippen LogP contribution in [-0.4, -0.2) is 3.71 Å². The molecular formula is C39H42Cl2SZr. The summed E-state index contributed by atoms with van der Waals surface area (Å²) in [6.45, 7) is 16.5. The smallest absolute Gasteiger partial charge is 1.00 e. The molecule has 2 aliphatic rings. The molecule has 3 aromatic carbocycles. The van der Waals surface area contributed by atoms with Gasteiger partial charge in [0.2, 0.25) is 0 Å². The summed E-state index contributed by atoms with van der Waals surface area (Å²) in [5, 5.41) is 4.58. The Morgan fingerprint density at radius 2 is 1.35 bits per heavy atom. The Morgan fingerprint density at radius 3 is 1.86 bits per heavy atom. The SMILES string of the molecule is CC1C=CC(c2ccsc2)=[C]1/[Zr+2](=[CH]/Cc1ccccc1)[CH]1c2ccc(C(C)(C)C)cc2-c2cc(C(C)(C)C)ccc21.[Cl-].[Cl-]. The van der Waals surface area contributed by atoms with E-state index in [0.717, 1.165) is 6.42 Å². The average molecular weight is 705 g/mol. The van der Waals surface area contributed by atoms with Crippen LogP contribution in [0.5, 0.6) is 0 Å². The number of rotatable bonds is 5. The summed E-state index contributed by atoms with van der Waals surface area (Å²) in [5.74, 6) is 0.488. The normalized spacial score (nSPS) is 16.1. The van der Waals surface area contributed by atoms with Crippen molar-refractivity contribution in [2.75, 3.05) is 0 Å². The third kappa shape index (κ3) is 6.74. The van der Waals surface area contributed by atoms with Crippen molar-refractivity contribution in [1.29, 1.82) is 0 Å². The van der Waals surface area contributed by atoms with Crippen LogP contribution >= 0.6 is 11.3 Å². The Bertz CT molecular complexity index is 1620. The van der Waals surface area contributed by atoms with Crippen LogP contribution in [0.25, 0.3) is 16.7 Å². The van der Waals surface area contributed by atoms with Crippen molar-refractivity contribution in [3.63, 3.8) is 0 Å². The molecule has 2 aliphatic carbocycles. The van der Waals surface area contributed by atoms with Gasteiger partial charge in [-0.3, -0.25) is 0 Å². The van der Waals surface area contributed by atoms with Crippen LogP contribution in [0.15, 0.2) is 99.0 Å². The Balaban J connectivity index is 0.00000212. The zero-order chi connectivity index (χ0) is 28.9. The summed E-state index contributed by atoms with van der Waals surface area (Å²) in [6, 6.07) is 28.3. The third-order valence-electron chi connectivity index (χ3n) is 8.90. The molecule has 4 aromatic rings. The number of thiophene rings is 1. The predicted molar refractivity (Wildman–Crippen MR) is 177 cm³/mol. The fourth-order valence-corrected chi connectivity index (χ4v) is 15.9. The minimum Gasteiger partial charge on any atom is -1.00 e. The van der Waals surface area contributed by atoms with Crippen LogP contribution in [0.2, 0.25) is 0 Å². The molecule has 1 unspecified atom stereocenters. The van der Waals surface area contributed by atoms with Crippen LogP contribution in [-0.2, 0) is 38.5 Å². The number of hydrogen-bond donors (Lipinski definition) is 0. The van der Waals surface area contributed by atoms with Gasteiger partial charge in [-0.15, -0.1) is 0 Å². The standard InChI is InChI=1S/C21H25.C10H9S.C8H8.2ClH.Zr/c1-20(2,3)16-9-7-14-11-15-8-10-17(21(4,5)6)13-19(15)18(14)12-16;1-8-2-3-9(6-8)10-4-5-11-7-10;1-2-8-6-4-3-5-7-8;;;/h7-13H,1-6H3;2-5,7-8H,1H3;1,3-7H,2H2;2*1H;/q;;;;;+2/p-2. The molecule has 4 heteroatoms. The van der Waals surface area contributed by atoms with Crippen LogP contribution < -0.4 is 24.8 Å². The van der Waals surface area contributed by atoms with Crippen LogP contribution in [0, 0.1) is 5.92 Å². The van der Waals surface area contributed by atoms with E-state index in [9.17, 15) is 0 Å². The maximum atomic E-state index is 2.82. The first-order chi connectivity index (χ1) is 19.5. The topological polar surface area (TPSA) is 0 Å². The largest absolute Gasteiger partial charge is 1.00 e. The molecule has 0 amide bonds. The fourth-order valence-electron chi connectivity index (χ4n) is 6.50. The molecule has 0 nitrogen and oxygen atoms in total. The van der Waals surface area contributed by atoms with E-state index < -0.39 is 21.3 Å². The maximum Gasteiger partial charge on any atom is -1.00 e. The first-order valence-corrected chi connectivity index (χ1v) is 20.0. The van der Waals surface area contributed by atoms with Crippen molar-refractivity contribution >= 4 is 20.6 Å². The number of halogens is 2. The molecule has 0 saturated heterocycles. The van der Waals surface area contributed by atoms with Crippen molar-refractivity contribution in [3.05, 3.63) is 132 Å². The Hall–Kier alpha value is -1.83. The molecule has 6 rings (SSSR count). The number of fused-ring (bicyclic) bond motifs is 3. The Morgan fingerprint density at radius 1 is 0.767 bits per heavy atom. The fraction of sp³-hybridized carbons (Fsp3) is 0.308. The molecule has 0 aliphatic heterocycles. The third-order valence-corrected chi connectivity index (χ3v) is 17.5. The molecule has 0 saturated carbocycles. The van der Waals surface area contributed by atoms with Gasteiger partial charge in [0, 0.05) is 0 Å². The number of allylic oxidation sites excluding steroid dienone is 4. The van der Waals surface area contributed by atoms with E-state index in [0.29, 0.717) is 9.54 Å². The van der Waals surface area contributed by atoms with Gasteiger partial charge in [-0.2, -0.15) is 0 Å². The number of benzene rings is 3. The maximum absolute atomic E-state index is 2.82. The number of hydrogen-bond acceptors (Lipinski definition) is 1. The minimum atomic E-state index is -2.47. The molecule has 0 spiro atoms. The van der Waals surface area contributed by atoms with Crippen molar-refractivity contribution in [2.45, 2.75) is 69.3 Å². The molecule has 43 heavy (non-hydrogen) atoms. The molecule has 1 heterocycles. The van der Waals surface area contributed by atoms with Gasteiger partial charge in [-0.05, 0) is 0 Å². The molecule has 222 valence electrons. The van der Waals surface area contributed by atoms with E-state index in [4.69, 9.17) is 0 Å². The van der Waals surface area contributed by atoms with Gasteiger partial charge in [-0.25, -0.2) is 0 Å². The predicted octanol–water partition coefficient (Wildman–Crippen LogP) is 4.70. The second kappa shape index (κ2) is 13.3. The van der Waals surface area contributed by atoms with E-state index in [1.54, 1.807) is 14.4 Å². The van der Waals surface area contributed by atoms with Gasteiger partial charge in [-0.1, -0.05) is 0 Å². The van der Waals surface area contributed by atoms with E-state index in [2.05, 4.69) is 148 Å². The van der Waals surface area contributed by atoms with E-state index in [-0.39, 0.29) is 35.6 Å². The quantitative estimate of drug-likeness (QED) is 0.283. The summed E-state index contributed by atoms with van der Waals surface area (Å²) in [4.78, 5) is 0. The molecule has 0 fully saturated rings. The second-order valence-corrected chi connectivity index (χ2v) is 20.6. The van der Waals surface area contributed by atoms with E-state index in [1.165, 1.54) is 39.0 Å². The molecule has 0 bridgehead atoms. The van der Waals surface area contributed by atoms with Crippen LogP contribution in [0.1, 0.15) is 85.5 Å². The first-order valence-electron chi connectivity index (χ1n) is 15.0. The average Bonchev–Trinajstić information content (AvgIpc) is 3.67. The first kappa shape index (κ1) is 34.1.